The van der Waals surface area contributed by atoms with Gasteiger partial charge in [0.2, 0.25) is 15.9 Å². The maximum atomic E-state index is 13.2. The Bertz CT molecular complexity index is 1220. The highest BCUT2D eigenvalue weighted by atomic mass is 35.5. The van der Waals surface area contributed by atoms with Gasteiger partial charge in [0.25, 0.3) is 5.91 Å². The third kappa shape index (κ3) is 4.74. The van der Waals surface area contributed by atoms with Crippen LogP contribution in [-0.2, 0) is 21.4 Å². The number of carbonyl (C=O) groups excluding carboxylic acids is 2. The third-order valence-corrected chi connectivity index (χ3v) is 8.17. The smallest absolute Gasteiger partial charge is 0.254 e. The number of amides is 2. The fourth-order valence-electron chi connectivity index (χ4n) is 4.04. The van der Waals surface area contributed by atoms with E-state index >= 15 is 0 Å². The van der Waals surface area contributed by atoms with Crippen LogP contribution in [0.5, 0.6) is 0 Å². The van der Waals surface area contributed by atoms with Gasteiger partial charge in [-0.25, -0.2) is 8.42 Å². The number of benzene rings is 2. The van der Waals surface area contributed by atoms with Crippen molar-refractivity contribution >= 4 is 33.4 Å². The molecule has 1 atom stereocenters. The normalized spacial score (nSPS) is 19.0. The fraction of sp³-hybridized carbons (Fsp3) is 0.348. The molecule has 4 rings (SSSR count). The number of carbonyl (C=O) groups is 2. The van der Waals surface area contributed by atoms with Crippen molar-refractivity contribution in [1.82, 2.24) is 14.5 Å². The van der Waals surface area contributed by atoms with Gasteiger partial charge in [0.1, 0.15) is 6.04 Å². The highest BCUT2D eigenvalue weighted by molar-refractivity contribution is 7.89. The van der Waals surface area contributed by atoms with Crippen LogP contribution in [0.25, 0.3) is 0 Å². The van der Waals surface area contributed by atoms with Crippen molar-refractivity contribution in [2.75, 3.05) is 19.6 Å². The molecule has 33 heavy (non-hydrogen) atoms. The summed E-state index contributed by atoms with van der Waals surface area (Å²) in [5.74, 6) is -0.965. The summed E-state index contributed by atoms with van der Waals surface area (Å²) in [7, 11) is -3.78. The summed E-state index contributed by atoms with van der Waals surface area (Å²) in [6, 6.07) is 14.5. The lowest BCUT2D eigenvalue weighted by atomic mass is 10.1. The van der Waals surface area contributed by atoms with E-state index in [4.69, 9.17) is 16.9 Å². The van der Waals surface area contributed by atoms with E-state index in [1.807, 2.05) is 24.3 Å². The molecule has 2 aromatic carbocycles. The van der Waals surface area contributed by atoms with Gasteiger partial charge < -0.3 is 10.2 Å². The van der Waals surface area contributed by atoms with Crippen molar-refractivity contribution in [3.05, 3.63) is 64.7 Å². The number of hydrogen-bond donors (Lipinski definition) is 1. The standard InChI is InChI=1S/C23H23ClN4O4S/c24-20-8-2-1-5-18(20)13-26-22(29)21-9-4-10-28(21)23(30)17-6-3-7-19(11-17)33(31,32)27-14-16(12-25)15-27/h1-3,5-8,11,16,21H,4,9-10,13-15H2,(H,26,29)/t21-/m1/s1. The van der Waals surface area contributed by atoms with Crippen molar-refractivity contribution in [3.63, 3.8) is 0 Å². The molecule has 1 N–H and O–H groups in total. The minimum absolute atomic E-state index is 0.00339. The average Bonchev–Trinajstić information content (AvgIpc) is 3.27. The molecule has 0 unspecified atom stereocenters. The minimum Gasteiger partial charge on any atom is -0.350 e. The van der Waals surface area contributed by atoms with Gasteiger partial charge in [0.15, 0.2) is 0 Å². The Morgan fingerprint density at radius 3 is 2.64 bits per heavy atom. The number of nitrogens with one attached hydrogen (secondary N) is 1. The number of sulfonamides is 1. The lowest BCUT2D eigenvalue weighted by Crippen LogP contribution is -2.49. The van der Waals surface area contributed by atoms with Gasteiger partial charge in [-0.3, -0.25) is 9.59 Å². The SMILES string of the molecule is N#CC1CN(S(=O)(=O)c2cccc(C(=O)N3CCC[C@@H]3C(=O)NCc3ccccc3Cl)c2)C1. The van der Waals surface area contributed by atoms with Gasteiger partial charge in [-0.15, -0.1) is 0 Å². The van der Waals surface area contributed by atoms with E-state index in [1.165, 1.54) is 27.4 Å². The lowest BCUT2D eigenvalue weighted by Gasteiger charge is -2.34. The van der Waals surface area contributed by atoms with Gasteiger partial charge in [-0.2, -0.15) is 9.57 Å². The summed E-state index contributed by atoms with van der Waals surface area (Å²) >= 11 is 6.15. The van der Waals surface area contributed by atoms with Crippen LogP contribution in [0.1, 0.15) is 28.8 Å². The van der Waals surface area contributed by atoms with E-state index in [-0.39, 0.29) is 47.8 Å². The molecule has 0 radical (unpaired) electrons. The molecule has 8 nitrogen and oxygen atoms in total. The molecule has 2 amide bonds. The molecule has 2 heterocycles. The third-order valence-electron chi connectivity index (χ3n) is 5.98. The number of likely N-dealkylation sites (tertiary alicyclic amines) is 1. The number of nitrogens with zero attached hydrogens (tertiary/aromatic N) is 3. The first-order chi connectivity index (χ1) is 15.8. The van der Waals surface area contributed by atoms with E-state index in [0.29, 0.717) is 24.4 Å². The predicted molar refractivity (Wildman–Crippen MR) is 122 cm³/mol. The lowest BCUT2D eigenvalue weighted by molar-refractivity contribution is -0.125. The van der Waals surface area contributed by atoms with Gasteiger partial charge in [0, 0.05) is 36.8 Å². The Balaban J connectivity index is 1.46. The van der Waals surface area contributed by atoms with Crippen molar-refractivity contribution in [2.24, 2.45) is 5.92 Å². The topological polar surface area (TPSA) is 111 Å². The number of nitriles is 1. The molecule has 2 saturated heterocycles. The van der Waals surface area contributed by atoms with Crippen LogP contribution in [0.3, 0.4) is 0 Å². The highest BCUT2D eigenvalue weighted by Crippen LogP contribution is 2.27. The molecule has 10 heteroatoms. The fourth-order valence-corrected chi connectivity index (χ4v) is 5.82. The quantitative estimate of drug-likeness (QED) is 0.674. The molecule has 2 aliphatic heterocycles. The van der Waals surface area contributed by atoms with Crippen molar-refractivity contribution in [2.45, 2.75) is 30.3 Å². The van der Waals surface area contributed by atoms with Gasteiger partial charge in [-0.05, 0) is 42.7 Å². The second kappa shape index (κ2) is 9.51. The summed E-state index contributed by atoms with van der Waals surface area (Å²) in [6.07, 6.45) is 1.21. The van der Waals surface area contributed by atoms with Crippen molar-refractivity contribution in [3.8, 4) is 6.07 Å². The first kappa shape index (κ1) is 23.2. The van der Waals surface area contributed by atoms with Crippen LogP contribution in [0, 0.1) is 17.2 Å². The first-order valence-corrected chi connectivity index (χ1v) is 12.4. The molecule has 172 valence electrons. The van der Waals surface area contributed by atoms with Crippen molar-refractivity contribution < 1.29 is 18.0 Å². The molecular formula is C23H23ClN4O4S. The monoisotopic (exact) mass is 486 g/mol. The summed E-state index contributed by atoms with van der Waals surface area (Å²) in [5, 5.41) is 12.3. The molecular weight excluding hydrogens is 464 g/mol. The maximum absolute atomic E-state index is 13.2. The van der Waals surface area contributed by atoms with E-state index < -0.39 is 16.1 Å². The largest absolute Gasteiger partial charge is 0.350 e. The molecule has 0 spiro atoms. The molecule has 2 aromatic rings. The second-order valence-electron chi connectivity index (χ2n) is 8.14. The van der Waals surface area contributed by atoms with Crippen LogP contribution in [0.15, 0.2) is 53.4 Å². The summed E-state index contributed by atoms with van der Waals surface area (Å²) < 4.78 is 26.8. The van der Waals surface area contributed by atoms with E-state index in [2.05, 4.69) is 5.32 Å². The number of hydrogen-bond acceptors (Lipinski definition) is 5. The molecule has 2 fully saturated rings. The zero-order chi connectivity index (χ0) is 23.6. The molecule has 0 saturated carbocycles. The summed E-state index contributed by atoms with van der Waals surface area (Å²) in [4.78, 5) is 27.5. The second-order valence-corrected chi connectivity index (χ2v) is 10.5. The first-order valence-electron chi connectivity index (χ1n) is 10.6. The maximum Gasteiger partial charge on any atom is 0.254 e. The Morgan fingerprint density at radius 2 is 1.91 bits per heavy atom. The Kier molecular flexibility index (Phi) is 6.70. The minimum atomic E-state index is -3.78. The van der Waals surface area contributed by atoms with Gasteiger partial charge in [-0.1, -0.05) is 35.9 Å². The molecule has 0 bridgehead atoms. The molecule has 2 aliphatic rings. The van der Waals surface area contributed by atoms with E-state index in [9.17, 15) is 18.0 Å². The van der Waals surface area contributed by atoms with E-state index in [0.717, 1.165) is 5.56 Å². The van der Waals surface area contributed by atoms with Crippen LogP contribution < -0.4 is 5.32 Å². The Morgan fingerprint density at radius 1 is 1.15 bits per heavy atom. The highest BCUT2D eigenvalue weighted by Gasteiger charge is 2.38. The zero-order valence-electron chi connectivity index (χ0n) is 17.8. The summed E-state index contributed by atoms with van der Waals surface area (Å²) in [6.45, 7) is 0.966. The zero-order valence-corrected chi connectivity index (χ0v) is 19.3. The number of rotatable bonds is 6. The van der Waals surface area contributed by atoms with Crippen LogP contribution in [-0.4, -0.2) is 55.1 Å². The van der Waals surface area contributed by atoms with Crippen LogP contribution >= 0.6 is 11.6 Å². The van der Waals surface area contributed by atoms with Gasteiger partial charge >= 0.3 is 0 Å². The van der Waals surface area contributed by atoms with Crippen LogP contribution in [0.4, 0.5) is 0 Å². The predicted octanol–water partition coefficient (Wildman–Crippen LogP) is 2.41. The number of halogens is 1. The van der Waals surface area contributed by atoms with Gasteiger partial charge in [0.05, 0.1) is 16.9 Å². The average molecular weight is 487 g/mol. The molecule has 0 aromatic heterocycles. The Hall–Kier alpha value is -2.93. The van der Waals surface area contributed by atoms with Crippen molar-refractivity contribution in [1.29, 1.82) is 5.26 Å². The Labute approximate surface area is 197 Å². The van der Waals surface area contributed by atoms with E-state index in [1.54, 1.807) is 12.1 Å². The summed E-state index contributed by atoms with van der Waals surface area (Å²) in [5.41, 5.74) is 0.991. The molecule has 0 aliphatic carbocycles. The van der Waals surface area contributed by atoms with Crippen LogP contribution in [0.2, 0.25) is 5.02 Å².